The van der Waals surface area contributed by atoms with Crippen LogP contribution < -0.4 is 10.1 Å². The summed E-state index contributed by atoms with van der Waals surface area (Å²) in [5.41, 5.74) is 1.70. The summed E-state index contributed by atoms with van der Waals surface area (Å²) >= 11 is 6.35. The lowest BCUT2D eigenvalue weighted by Crippen LogP contribution is -2.26. The Hall–Kier alpha value is -1.66. The average Bonchev–Trinajstić information content (AvgIpc) is 2.86. The van der Waals surface area contributed by atoms with Gasteiger partial charge in [-0.05, 0) is 20.4 Å². The van der Waals surface area contributed by atoms with Gasteiger partial charge >= 0.3 is 0 Å². The van der Waals surface area contributed by atoms with Crippen LogP contribution in [0.5, 0.6) is 5.88 Å². The molecule has 0 amide bonds. The van der Waals surface area contributed by atoms with E-state index in [1.165, 1.54) is 6.33 Å². The van der Waals surface area contributed by atoms with Crippen LogP contribution in [0.25, 0.3) is 0 Å². The molecule has 0 saturated carbocycles. The topological polar surface area (TPSA) is 64.9 Å². The zero-order valence-corrected chi connectivity index (χ0v) is 13.4. The van der Waals surface area contributed by atoms with E-state index in [1.807, 2.05) is 11.6 Å². The number of nitrogens with one attached hydrogen (secondary N) is 1. The summed E-state index contributed by atoms with van der Waals surface area (Å²) in [7, 11) is 1.58. The van der Waals surface area contributed by atoms with Crippen molar-refractivity contribution in [1.29, 1.82) is 0 Å². The van der Waals surface area contributed by atoms with Crippen LogP contribution in [0.3, 0.4) is 0 Å². The van der Waals surface area contributed by atoms with Gasteiger partial charge in [0.2, 0.25) is 5.88 Å². The van der Waals surface area contributed by atoms with E-state index in [0.717, 1.165) is 17.9 Å². The van der Waals surface area contributed by atoms with Crippen molar-refractivity contribution in [2.24, 2.45) is 0 Å². The van der Waals surface area contributed by atoms with Gasteiger partial charge in [0.25, 0.3) is 0 Å². The van der Waals surface area contributed by atoms with Crippen LogP contribution in [0, 0.1) is 0 Å². The largest absolute Gasteiger partial charge is 0.481 e. The van der Waals surface area contributed by atoms with E-state index in [4.69, 9.17) is 16.3 Å². The molecular formula is C14H20ClN5O. The fourth-order valence-corrected chi connectivity index (χ4v) is 2.44. The van der Waals surface area contributed by atoms with E-state index in [0.29, 0.717) is 10.9 Å². The molecule has 0 bridgehead atoms. The van der Waals surface area contributed by atoms with Gasteiger partial charge in [0, 0.05) is 12.1 Å². The van der Waals surface area contributed by atoms with E-state index in [-0.39, 0.29) is 12.1 Å². The number of aromatic nitrogens is 4. The van der Waals surface area contributed by atoms with Gasteiger partial charge in [-0.1, -0.05) is 18.5 Å². The molecule has 0 aliphatic heterocycles. The maximum absolute atomic E-state index is 6.35. The summed E-state index contributed by atoms with van der Waals surface area (Å²) in [5, 5.41) is 8.37. The summed E-state index contributed by atoms with van der Waals surface area (Å²) in [5.74, 6) is 0.523. The molecule has 2 aromatic heterocycles. The van der Waals surface area contributed by atoms with Crippen molar-refractivity contribution in [2.75, 3.05) is 13.7 Å². The van der Waals surface area contributed by atoms with E-state index >= 15 is 0 Å². The SMILES string of the molecule is CCNC(c1cc(OC)ncn1)c1c(Cl)cnn1C(C)C. The lowest BCUT2D eigenvalue weighted by molar-refractivity contribution is 0.394. The molecular weight excluding hydrogens is 290 g/mol. The van der Waals surface area contributed by atoms with Gasteiger partial charge < -0.3 is 10.1 Å². The highest BCUT2D eigenvalue weighted by atomic mass is 35.5. The van der Waals surface area contributed by atoms with Gasteiger partial charge in [0.15, 0.2) is 0 Å². The Labute approximate surface area is 129 Å². The predicted octanol–water partition coefficient (Wildman–Crippen LogP) is 2.61. The summed E-state index contributed by atoms with van der Waals surface area (Å²) in [6, 6.07) is 1.85. The van der Waals surface area contributed by atoms with Crippen LogP contribution in [0.2, 0.25) is 5.02 Å². The highest BCUT2D eigenvalue weighted by Crippen LogP contribution is 2.30. The van der Waals surface area contributed by atoms with Crippen molar-refractivity contribution in [3.8, 4) is 5.88 Å². The number of ether oxygens (including phenoxy) is 1. The first kappa shape index (κ1) is 15.7. The van der Waals surface area contributed by atoms with Crippen molar-refractivity contribution in [1.82, 2.24) is 25.1 Å². The smallest absolute Gasteiger partial charge is 0.216 e. The molecule has 0 aromatic carbocycles. The monoisotopic (exact) mass is 309 g/mol. The highest BCUT2D eigenvalue weighted by molar-refractivity contribution is 6.31. The first-order valence-electron chi connectivity index (χ1n) is 6.90. The van der Waals surface area contributed by atoms with Crippen molar-refractivity contribution in [2.45, 2.75) is 32.9 Å². The molecule has 0 saturated heterocycles. The first-order valence-corrected chi connectivity index (χ1v) is 7.28. The molecule has 2 heterocycles. The molecule has 1 unspecified atom stereocenters. The summed E-state index contributed by atoms with van der Waals surface area (Å²) < 4.78 is 7.08. The van der Waals surface area contributed by atoms with E-state index < -0.39 is 0 Å². The van der Waals surface area contributed by atoms with Gasteiger partial charge in [-0.2, -0.15) is 5.10 Å². The lowest BCUT2D eigenvalue weighted by atomic mass is 10.1. The molecule has 0 aliphatic carbocycles. The first-order chi connectivity index (χ1) is 10.1. The maximum atomic E-state index is 6.35. The van der Waals surface area contributed by atoms with Crippen molar-refractivity contribution in [3.05, 3.63) is 35.0 Å². The third kappa shape index (κ3) is 3.33. The van der Waals surface area contributed by atoms with Gasteiger partial charge in [-0.25, -0.2) is 9.97 Å². The molecule has 2 aromatic rings. The fourth-order valence-electron chi connectivity index (χ4n) is 2.20. The molecule has 1 N–H and O–H groups in total. The van der Waals surface area contributed by atoms with E-state index in [9.17, 15) is 0 Å². The highest BCUT2D eigenvalue weighted by Gasteiger charge is 2.24. The Morgan fingerprint density at radius 3 is 2.76 bits per heavy atom. The van der Waals surface area contributed by atoms with Gasteiger partial charge in [0.1, 0.15) is 6.33 Å². The van der Waals surface area contributed by atoms with Crippen molar-refractivity contribution >= 4 is 11.6 Å². The Balaban J connectivity index is 2.50. The molecule has 0 fully saturated rings. The van der Waals surface area contributed by atoms with Crippen LogP contribution in [-0.2, 0) is 0 Å². The lowest BCUT2D eigenvalue weighted by Gasteiger charge is -2.21. The molecule has 7 heteroatoms. The standard InChI is InChI=1S/C14H20ClN5O/c1-5-16-13(11-6-12(21-4)18-8-17-11)14-10(15)7-19-20(14)9(2)3/h6-9,13,16H,5H2,1-4H3. The molecule has 6 nitrogen and oxygen atoms in total. The Morgan fingerprint density at radius 2 is 2.14 bits per heavy atom. The molecule has 0 aliphatic rings. The van der Waals surface area contributed by atoms with Crippen LogP contribution in [-0.4, -0.2) is 33.4 Å². The molecule has 1 atom stereocenters. The molecule has 0 spiro atoms. The minimum atomic E-state index is -0.163. The fraction of sp³-hybridized carbons (Fsp3) is 0.500. The molecule has 0 radical (unpaired) electrons. The van der Waals surface area contributed by atoms with Crippen LogP contribution in [0.15, 0.2) is 18.6 Å². The van der Waals surface area contributed by atoms with Crippen LogP contribution in [0.4, 0.5) is 0 Å². The Morgan fingerprint density at radius 1 is 1.38 bits per heavy atom. The summed E-state index contributed by atoms with van der Waals surface area (Å²) in [6.07, 6.45) is 3.15. The van der Waals surface area contributed by atoms with Crippen LogP contribution >= 0.6 is 11.6 Å². The molecule has 21 heavy (non-hydrogen) atoms. The second-order valence-electron chi connectivity index (χ2n) is 4.89. The van der Waals surface area contributed by atoms with Gasteiger partial charge in [-0.3, -0.25) is 4.68 Å². The average molecular weight is 310 g/mol. The minimum absolute atomic E-state index is 0.163. The minimum Gasteiger partial charge on any atom is -0.481 e. The van der Waals surface area contributed by atoms with Crippen molar-refractivity contribution in [3.63, 3.8) is 0 Å². The normalized spacial score (nSPS) is 12.7. The Bertz CT molecular complexity index is 599. The molecule has 2 rings (SSSR count). The number of methoxy groups -OCH3 is 1. The van der Waals surface area contributed by atoms with Gasteiger partial charge in [0.05, 0.1) is 35.8 Å². The van der Waals surface area contributed by atoms with Crippen LogP contribution in [0.1, 0.15) is 44.2 Å². The van der Waals surface area contributed by atoms with Gasteiger partial charge in [-0.15, -0.1) is 0 Å². The number of hydrogen-bond acceptors (Lipinski definition) is 5. The molecule has 114 valence electrons. The zero-order valence-electron chi connectivity index (χ0n) is 12.7. The quantitative estimate of drug-likeness (QED) is 0.888. The predicted molar refractivity (Wildman–Crippen MR) is 81.7 cm³/mol. The third-order valence-electron chi connectivity index (χ3n) is 3.13. The number of nitrogens with zero attached hydrogens (tertiary/aromatic N) is 4. The Kier molecular flexibility index (Phi) is 5.14. The second kappa shape index (κ2) is 6.87. The number of rotatable bonds is 6. The number of hydrogen-bond donors (Lipinski definition) is 1. The summed E-state index contributed by atoms with van der Waals surface area (Å²) in [4.78, 5) is 8.40. The van der Waals surface area contributed by atoms with E-state index in [2.05, 4.69) is 34.2 Å². The second-order valence-corrected chi connectivity index (χ2v) is 5.30. The van der Waals surface area contributed by atoms with E-state index in [1.54, 1.807) is 19.4 Å². The zero-order chi connectivity index (χ0) is 15.4. The maximum Gasteiger partial charge on any atom is 0.216 e. The summed E-state index contributed by atoms with van der Waals surface area (Å²) in [6.45, 7) is 6.94. The van der Waals surface area contributed by atoms with Crippen molar-refractivity contribution < 1.29 is 4.74 Å². The third-order valence-corrected chi connectivity index (χ3v) is 3.42. The number of halogens is 1.